The van der Waals surface area contributed by atoms with Crippen LogP contribution in [0.4, 0.5) is 0 Å². The second kappa shape index (κ2) is 6.94. The minimum atomic E-state index is 0.0632. The van der Waals surface area contributed by atoms with Crippen LogP contribution in [0.15, 0.2) is 54.6 Å². The van der Waals surface area contributed by atoms with Gasteiger partial charge >= 0.3 is 0 Å². The lowest BCUT2D eigenvalue weighted by molar-refractivity contribution is 0.0582. The van der Waals surface area contributed by atoms with Crippen LogP contribution in [0.1, 0.15) is 28.3 Å². The summed E-state index contributed by atoms with van der Waals surface area (Å²) in [5.74, 6) is 0.0632. The first kappa shape index (κ1) is 16.2. The van der Waals surface area contributed by atoms with Crippen molar-refractivity contribution < 1.29 is 4.79 Å². The molecule has 4 nitrogen and oxygen atoms in total. The summed E-state index contributed by atoms with van der Waals surface area (Å²) in [6, 6.07) is 18.8. The fraction of sp³-hybridized carbons (Fsp3) is 0.300. The van der Waals surface area contributed by atoms with Crippen LogP contribution in [-0.2, 0) is 0 Å². The van der Waals surface area contributed by atoms with Gasteiger partial charge in [-0.25, -0.2) is 4.98 Å². The standard InChI is InChI=1S/C20H21N3OS/c1-15(16-7-3-2-4-8-16)22-11-13-23(14-12-22)20(24)19-21-17-9-5-6-10-18(17)25-19/h2-10,15H,11-14H2,1H3. The molecule has 1 amide bonds. The quantitative estimate of drug-likeness (QED) is 0.720. The van der Waals surface area contributed by atoms with Crippen molar-refractivity contribution in [3.05, 3.63) is 65.2 Å². The summed E-state index contributed by atoms with van der Waals surface area (Å²) in [6.07, 6.45) is 0. The molecule has 5 heteroatoms. The highest BCUT2D eigenvalue weighted by atomic mass is 32.1. The van der Waals surface area contributed by atoms with Crippen LogP contribution in [0.25, 0.3) is 10.2 Å². The van der Waals surface area contributed by atoms with Gasteiger partial charge in [0.1, 0.15) is 0 Å². The van der Waals surface area contributed by atoms with Crippen LogP contribution in [0.2, 0.25) is 0 Å². The molecule has 3 aromatic rings. The van der Waals surface area contributed by atoms with Crippen LogP contribution in [0, 0.1) is 0 Å². The number of hydrogen-bond donors (Lipinski definition) is 0. The summed E-state index contributed by atoms with van der Waals surface area (Å²) in [7, 11) is 0. The average molecular weight is 351 g/mol. The number of thiazole rings is 1. The van der Waals surface area contributed by atoms with E-state index in [2.05, 4.69) is 41.1 Å². The van der Waals surface area contributed by atoms with Crippen molar-refractivity contribution in [3.63, 3.8) is 0 Å². The Morgan fingerprint density at radius 2 is 1.68 bits per heavy atom. The Morgan fingerprint density at radius 1 is 1.00 bits per heavy atom. The minimum absolute atomic E-state index is 0.0632. The fourth-order valence-electron chi connectivity index (χ4n) is 3.35. The van der Waals surface area contributed by atoms with Gasteiger partial charge in [-0.05, 0) is 24.6 Å². The second-order valence-corrected chi connectivity index (χ2v) is 7.43. The number of para-hydroxylation sites is 1. The van der Waals surface area contributed by atoms with Gasteiger partial charge in [0.15, 0.2) is 5.01 Å². The Hall–Kier alpha value is -2.24. The summed E-state index contributed by atoms with van der Waals surface area (Å²) in [6.45, 7) is 5.54. The number of carbonyl (C=O) groups excluding carboxylic acids is 1. The molecular formula is C20H21N3OS. The van der Waals surface area contributed by atoms with Crippen molar-refractivity contribution in [3.8, 4) is 0 Å². The number of benzene rings is 2. The Balaban J connectivity index is 1.42. The van der Waals surface area contributed by atoms with E-state index in [0.717, 1.165) is 36.4 Å². The van der Waals surface area contributed by atoms with Crippen LogP contribution >= 0.6 is 11.3 Å². The first-order valence-corrected chi connectivity index (χ1v) is 9.48. The summed E-state index contributed by atoms with van der Waals surface area (Å²) < 4.78 is 1.07. The Kier molecular flexibility index (Phi) is 4.51. The number of fused-ring (bicyclic) bond motifs is 1. The molecule has 1 fully saturated rings. The molecule has 2 aromatic carbocycles. The van der Waals surface area contributed by atoms with Crippen LogP contribution in [0.5, 0.6) is 0 Å². The van der Waals surface area contributed by atoms with E-state index in [4.69, 9.17) is 0 Å². The first-order valence-electron chi connectivity index (χ1n) is 8.66. The predicted octanol–water partition coefficient (Wildman–Crippen LogP) is 3.82. The average Bonchev–Trinajstić information content (AvgIpc) is 3.12. The second-order valence-electron chi connectivity index (χ2n) is 6.40. The van der Waals surface area contributed by atoms with Crippen LogP contribution in [0.3, 0.4) is 0 Å². The maximum Gasteiger partial charge on any atom is 0.282 e. The van der Waals surface area contributed by atoms with Gasteiger partial charge in [0.2, 0.25) is 0 Å². The van der Waals surface area contributed by atoms with Crippen LogP contribution < -0.4 is 0 Å². The zero-order valence-electron chi connectivity index (χ0n) is 14.3. The van der Waals surface area contributed by atoms with E-state index in [0.29, 0.717) is 11.0 Å². The third kappa shape index (κ3) is 3.30. The normalized spacial score (nSPS) is 16.9. The molecular weight excluding hydrogens is 330 g/mol. The number of carbonyl (C=O) groups is 1. The smallest absolute Gasteiger partial charge is 0.282 e. The third-order valence-electron chi connectivity index (χ3n) is 4.91. The summed E-state index contributed by atoms with van der Waals surface area (Å²) >= 11 is 1.49. The van der Waals surface area contributed by atoms with Gasteiger partial charge in [0.05, 0.1) is 10.2 Å². The molecule has 0 N–H and O–H groups in total. The molecule has 1 saturated heterocycles. The topological polar surface area (TPSA) is 36.4 Å². The van der Waals surface area contributed by atoms with Gasteiger partial charge in [-0.3, -0.25) is 9.69 Å². The van der Waals surface area contributed by atoms with E-state index in [9.17, 15) is 4.79 Å². The molecule has 0 bridgehead atoms. The van der Waals surface area contributed by atoms with Gasteiger partial charge < -0.3 is 4.90 Å². The number of piperazine rings is 1. The van der Waals surface area contributed by atoms with E-state index in [1.54, 1.807) is 0 Å². The zero-order chi connectivity index (χ0) is 17.2. The number of rotatable bonds is 3. The van der Waals surface area contributed by atoms with Gasteiger partial charge in [0.25, 0.3) is 5.91 Å². The lowest BCUT2D eigenvalue weighted by Gasteiger charge is -2.38. The van der Waals surface area contributed by atoms with Crippen molar-refractivity contribution in [2.75, 3.05) is 26.2 Å². The highest BCUT2D eigenvalue weighted by Gasteiger charge is 2.26. The number of nitrogens with zero attached hydrogens (tertiary/aromatic N) is 3. The number of amides is 1. The minimum Gasteiger partial charge on any atom is -0.334 e. The van der Waals surface area contributed by atoms with Crippen molar-refractivity contribution in [1.82, 2.24) is 14.8 Å². The summed E-state index contributed by atoms with van der Waals surface area (Å²) in [5, 5.41) is 0.603. The van der Waals surface area contributed by atoms with E-state index in [1.807, 2.05) is 35.2 Å². The molecule has 4 rings (SSSR count). The van der Waals surface area contributed by atoms with Crippen molar-refractivity contribution >= 4 is 27.5 Å². The summed E-state index contributed by atoms with van der Waals surface area (Å²) in [4.78, 5) is 21.7. The zero-order valence-corrected chi connectivity index (χ0v) is 15.1. The molecule has 1 aromatic heterocycles. The Morgan fingerprint density at radius 3 is 2.40 bits per heavy atom. The fourth-order valence-corrected chi connectivity index (χ4v) is 4.29. The molecule has 1 aliphatic heterocycles. The highest BCUT2D eigenvalue weighted by Crippen LogP contribution is 2.25. The maximum atomic E-state index is 12.8. The van der Waals surface area contributed by atoms with E-state index < -0.39 is 0 Å². The van der Waals surface area contributed by atoms with Gasteiger partial charge in [-0.1, -0.05) is 42.5 Å². The molecule has 0 spiro atoms. The van der Waals surface area contributed by atoms with Crippen LogP contribution in [-0.4, -0.2) is 46.9 Å². The third-order valence-corrected chi connectivity index (χ3v) is 5.93. The Labute approximate surface area is 151 Å². The molecule has 0 aliphatic carbocycles. The maximum absolute atomic E-state index is 12.8. The molecule has 1 aliphatic rings. The number of aromatic nitrogens is 1. The van der Waals surface area contributed by atoms with Gasteiger partial charge in [0, 0.05) is 32.2 Å². The van der Waals surface area contributed by atoms with E-state index >= 15 is 0 Å². The monoisotopic (exact) mass is 351 g/mol. The summed E-state index contributed by atoms with van der Waals surface area (Å²) in [5.41, 5.74) is 2.24. The largest absolute Gasteiger partial charge is 0.334 e. The molecule has 128 valence electrons. The lowest BCUT2D eigenvalue weighted by atomic mass is 10.1. The lowest BCUT2D eigenvalue weighted by Crippen LogP contribution is -2.49. The van der Waals surface area contributed by atoms with Gasteiger partial charge in [-0.2, -0.15) is 0 Å². The SMILES string of the molecule is CC(c1ccccc1)N1CCN(C(=O)c2nc3ccccc3s2)CC1. The van der Waals surface area contributed by atoms with Crippen molar-refractivity contribution in [2.45, 2.75) is 13.0 Å². The predicted molar refractivity (Wildman–Crippen MR) is 102 cm³/mol. The molecule has 25 heavy (non-hydrogen) atoms. The molecule has 0 radical (unpaired) electrons. The molecule has 1 unspecified atom stereocenters. The molecule has 1 atom stereocenters. The first-order chi connectivity index (χ1) is 12.2. The van der Waals surface area contributed by atoms with Gasteiger partial charge in [-0.15, -0.1) is 11.3 Å². The highest BCUT2D eigenvalue weighted by molar-refractivity contribution is 7.20. The number of hydrogen-bond acceptors (Lipinski definition) is 4. The molecule has 2 heterocycles. The molecule has 0 saturated carbocycles. The van der Waals surface area contributed by atoms with Crippen molar-refractivity contribution in [1.29, 1.82) is 0 Å². The van der Waals surface area contributed by atoms with E-state index in [1.165, 1.54) is 16.9 Å². The van der Waals surface area contributed by atoms with E-state index in [-0.39, 0.29) is 5.91 Å². The van der Waals surface area contributed by atoms with Crippen molar-refractivity contribution in [2.24, 2.45) is 0 Å². The Bertz CT molecular complexity index is 836.